The monoisotopic (exact) mass is 230 g/mol. The molecule has 1 aromatic rings. The first-order valence-corrected chi connectivity index (χ1v) is 4.75. The average Bonchev–Trinajstić information content (AvgIpc) is 2.17. The van der Waals surface area contributed by atoms with Crippen LogP contribution >= 0.6 is 0 Å². The minimum Gasteiger partial charge on any atom is -0.479 e. The summed E-state index contributed by atoms with van der Waals surface area (Å²) in [4.78, 5) is 11.1. The first-order valence-electron chi connectivity index (χ1n) is 4.75. The van der Waals surface area contributed by atoms with E-state index in [1.165, 1.54) is 6.07 Å². The molecule has 1 unspecified atom stereocenters. The third-order valence-electron chi connectivity index (χ3n) is 2.28. The van der Waals surface area contributed by atoms with Crippen LogP contribution in [0.3, 0.4) is 0 Å². The fourth-order valence-corrected chi connectivity index (χ4v) is 1.48. The number of hydrogen-bond donors (Lipinski definition) is 1. The number of benzene rings is 1. The molecule has 16 heavy (non-hydrogen) atoms. The van der Waals surface area contributed by atoms with E-state index in [0.29, 0.717) is 0 Å². The van der Waals surface area contributed by atoms with Crippen LogP contribution < -0.4 is 0 Å². The second-order valence-corrected chi connectivity index (χ2v) is 3.37. The molecule has 1 aromatic carbocycles. The van der Waals surface area contributed by atoms with Gasteiger partial charge in [-0.15, -0.1) is 0 Å². The van der Waals surface area contributed by atoms with Crippen LogP contribution in [-0.2, 0) is 15.1 Å². The standard InChI is InChI=1S/C11H12F2O3/c1-3-16-11(2,10(14)15)9-7(12)5-4-6-8(9)13/h4-6H,3H2,1-2H3,(H,14,15). The van der Waals surface area contributed by atoms with Crippen LogP contribution in [0.4, 0.5) is 8.78 Å². The molecule has 0 aromatic heterocycles. The van der Waals surface area contributed by atoms with Crippen molar-refractivity contribution in [3.05, 3.63) is 35.4 Å². The molecule has 1 rings (SSSR count). The molecule has 3 nitrogen and oxygen atoms in total. The molecule has 0 saturated carbocycles. The molecule has 0 aliphatic rings. The molecular weight excluding hydrogens is 218 g/mol. The number of halogens is 2. The molecule has 0 amide bonds. The van der Waals surface area contributed by atoms with Crippen molar-refractivity contribution in [2.45, 2.75) is 19.4 Å². The zero-order valence-corrected chi connectivity index (χ0v) is 8.96. The highest BCUT2D eigenvalue weighted by molar-refractivity contribution is 5.79. The number of ether oxygens (including phenoxy) is 1. The van der Waals surface area contributed by atoms with Gasteiger partial charge in [0, 0.05) is 6.61 Å². The van der Waals surface area contributed by atoms with Gasteiger partial charge in [0.25, 0.3) is 0 Å². The largest absolute Gasteiger partial charge is 0.479 e. The number of rotatable bonds is 4. The summed E-state index contributed by atoms with van der Waals surface area (Å²) < 4.78 is 31.9. The molecule has 0 aliphatic carbocycles. The Hall–Kier alpha value is -1.49. The van der Waals surface area contributed by atoms with Gasteiger partial charge in [-0.3, -0.25) is 0 Å². The van der Waals surface area contributed by atoms with E-state index in [2.05, 4.69) is 0 Å². The number of carboxylic acids is 1. The SMILES string of the molecule is CCOC(C)(C(=O)O)c1c(F)cccc1F. The highest BCUT2D eigenvalue weighted by Crippen LogP contribution is 2.30. The van der Waals surface area contributed by atoms with Crippen molar-refractivity contribution in [3.63, 3.8) is 0 Å². The summed E-state index contributed by atoms with van der Waals surface area (Å²) in [6.07, 6.45) is 0. The topological polar surface area (TPSA) is 46.5 Å². The van der Waals surface area contributed by atoms with Crippen LogP contribution in [0.25, 0.3) is 0 Å². The van der Waals surface area contributed by atoms with Crippen molar-refractivity contribution < 1.29 is 23.4 Å². The zero-order chi connectivity index (χ0) is 12.3. The number of aliphatic carboxylic acids is 1. The Kier molecular flexibility index (Phi) is 3.59. The Morgan fingerprint density at radius 2 is 1.94 bits per heavy atom. The maximum absolute atomic E-state index is 13.4. The molecular formula is C11H12F2O3. The van der Waals surface area contributed by atoms with Crippen LogP contribution in [0, 0.1) is 11.6 Å². The maximum Gasteiger partial charge on any atom is 0.340 e. The van der Waals surface area contributed by atoms with Crippen molar-refractivity contribution in [1.29, 1.82) is 0 Å². The smallest absolute Gasteiger partial charge is 0.340 e. The molecule has 0 fully saturated rings. The van der Waals surface area contributed by atoms with Crippen molar-refractivity contribution in [2.75, 3.05) is 6.61 Å². The van der Waals surface area contributed by atoms with E-state index in [4.69, 9.17) is 9.84 Å². The first kappa shape index (κ1) is 12.6. The van der Waals surface area contributed by atoms with E-state index in [-0.39, 0.29) is 6.61 Å². The van der Waals surface area contributed by atoms with Gasteiger partial charge >= 0.3 is 5.97 Å². The molecule has 0 heterocycles. The second-order valence-electron chi connectivity index (χ2n) is 3.37. The Morgan fingerprint density at radius 3 is 2.31 bits per heavy atom. The van der Waals surface area contributed by atoms with Gasteiger partial charge < -0.3 is 9.84 Å². The third-order valence-corrected chi connectivity index (χ3v) is 2.28. The van der Waals surface area contributed by atoms with E-state index in [1.807, 2.05) is 0 Å². The summed E-state index contributed by atoms with van der Waals surface area (Å²) in [6.45, 7) is 2.72. The Morgan fingerprint density at radius 1 is 1.44 bits per heavy atom. The zero-order valence-electron chi connectivity index (χ0n) is 8.96. The minimum atomic E-state index is -2.01. The van der Waals surface area contributed by atoms with Gasteiger partial charge in [0.2, 0.25) is 0 Å². The molecule has 1 N–H and O–H groups in total. The van der Waals surface area contributed by atoms with E-state index < -0.39 is 28.8 Å². The van der Waals surface area contributed by atoms with Gasteiger partial charge in [0.15, 0.2) is 5.60 Å². The molecule has 0 bridgehead atoms. The Bertz CT molecular complexity index is 386. The van der Waals surface area contributed by atoms with Crippen molar-refractivity contribution >= 4 is 5.97 Å². The van der Waals surface area contributed by atoms with Crippen LogP contribution in [-0.4, -0.2) is 17.7 Å². The van der Waals surface area contributed by atoms with Gasteiger partial charge in [-0.2, -0.15) is 0 Å². The van der Waals surface area contributed by atoms with E-state index in [1.54, 1.807) is 6.92 Å². The van der Waals surface area contributed by atoms with Crippen LogP contribution in [0.2, 0.25) is 0 Å². The first-order chi connectivity index (χ1) is 7.43. The summed E-state index contributed by atoms with van der Waals surface area (Å²) in [5.41, 5.74) is -2.59. The van der Waals surface area contributed by atoms with Crippen LogP contribution in [0.1, 0.15) is 19.4 Å². The van der Waals surface area contributed by atoms with Gasteiger partial charge in [0.05, 0.1) is 5.56 Å². The lowest BCUT2D eigenvalue weighted by Crippen LogP contribution is -2.37. The molecule has 0 spiro atoms. The molecule has 0 aliphatic heterocycles. The highest BCUT2D eigenvalue weighted by atomic mass is 19.1. The van der Waals surface area contributed by atoms with Gasteiger partial charge in [-0.1, -0.05) is 6.07 Å². The van der Waals surface area contributed by atoms with Gasteiger partial charge in [-0.25, -0.2) is 13.6 Å². The summed E-state index contributed by atoms with van der Waals surface area (Å²) >= 11 is 0. The van der Waals surface area contributed by atoms with Gasteiger partial charge in [-0.05, 0) is 26.0 Å². The second kappa shape index (κ2) is 4.57. The quantitative estimate of drug-likeness (QED) is 0.863. The van der Waals surface area contributed by atoms with Crippen molar-refractivity contribution in [2.24, 2.45) is 0 Å². The predicted octanol–water partition coefficient (Wildman–Crippen LogP) is 2.30. The molecule has 1 atom stereocenters. The van der Waals surface area contributed by atoms with Crippen LogP contribution in [0.5, 0.6) is 0 Å². The normalized spacial score (nSPS) is 14.5. The highest BCUT2D eigenvalue weighted by Gasteiger charge is 2.40. The maximum atomic E-state index is 13.4. The summed E-state index contributed by atoms with van der Waals surface area (Å²) in [5.74, 6) is -3.30. The number of hydrogen-bond acceptors (Lipinski definition) is 2. The van der Waals surface area contributed by atoms with E-state index in [9.17, 15) is 13.6 Å². The lowest BCUT2D eigenvalue weighted by Gasteiger charge is -2.25. The summed E-state index contributed by atoms with van der Waals surface area (Å²) in [6, 6.07) is 3.17. The number of carbonyl (C=O) groups is 1. The van der Waals surface area contributed by atoms with Crippen molar-refractivity contribution in [1.82, 2.24) is 0 Å². The van der Waals surface area contributed by atoms with Gasteiger partial charge in [0.1, 0.15) is 11.6 Å². The van der Waals surface area contributed by atoms with Crippen molar-refractivity contribution in [3.8, 4) is 0 Å². The fourth-order valence-electron chi connectivity index (χ4n) is 1.48. The minimum absolute atomic E-state index is 0.0383. The average molecular weight is 230 g/mol. The summed E-state index contributed by atoms with van der Waals surface area (Å²) in [7, 11) is 0. The van der Waals surface area contributed by atoms with E-state index >= 15 is 0 Å². The Balaban J connectivity index is 3.37. The third kappa shape index (κ3) is 2.04. The lowest BCUT2D eigenvalue weighted by molar-refractivity contribution is -0.165. The predicted molar refractivity (Wildman–Crippen MR) is 53.0 cm³/mol. The van der Waals surface area contributed by atoms with E-state index in [0.717, 1.165) is 19.1 Å². The van der Waals surface area contributed by atoms with Crippen LogP contribution in [0.15, 0.2) is 18.2 Å². The fraction of sp³-hybridized carbons (Fsp3) is 0.364. The molecule has 0 radical (unpaired) electrons. The Labute approximate surface area is 91.7 Å². The number of carboxylic acid groups (broad SMARTS) is 1. The summed E-state index contributed by atoms with van der Waals surface area (Å²) in [5, 5.41) is 9.01. The molecule has 5 heteroatoms. The lowest BCUT2D eigenvalue weighted by atomic mass is 9.94. The molecule has 88 valence electrons. The molecule has 0 saturated heterocycles.